The van der Waals surface area contributed by atoms with Crippen molar-refractivity contribution in [1.82, 2.24) is 0 Å². The van der Waals surface area contributed by atoms with Gasteiger partial charge in [-0.1, -0.05) is 243 Å². The van der Waals surface area contributed by atoms with Crippen molar-refractivity contribution in [1.29, 1.82) is 0 Å². The molecule has 0 bridgehead atoms. The molecule has 3 nitrogen and oxygen atoms in total. The highest BCUT2D eigenvalue weighted by Gasteiger charge is 2.53. The molecule has 0 unspecified atom stereocenters. The van der Waals surface area contributed by atoms with Gasteiger partial charge in [0.25, 0.3) is 0 Å². The van der Waals surface area contributed by atoms with Gasteiger partial charge in [-0.15, -0.1) is 0 Å². The topological polar surface area (TPSA) is 21.7 Å². The third-order valence-corrected chi connectivity index (χ3v) is 18.0. The highest BCUT2D eigenvalue weighted by atomic mass is 16.5. The van der Waals surface area contributed by atoms with Crippen LogP contribution in [0.4, 0.5) is 17.1 Å². The van der Waals surface area contributed by atoms with Crippen LogP contribution in [-0.4, -0.2) is 0 Å². The van der Waals surface area contributed by atoms with Crippen molar-refractivity contribution in [2.24, 2.45) is 0 Å². The van der Waals surface area contributed by atoms with Crippen LogP contribution in [0.1, 0.15) is 44.5 Å². The lowest BCUT2D eigenvalue weighted by Crippen LogP contribution is -2.32. The maximum absolute atomic E-state index is 6.69. The highest BCUT2D eigenvalue weighted by molar-refractivity contribution is 5.98. The number of ether oxygens (including phenoxy) is 2. The van der Waals surface area contributed by atoms with Gasteiger partial charge in [-0.2, -0.15) is 0 Å². The molecule has 0 aromatic heterocycles. The molecule has 13 aromatic rings. The summed E-state index contributed by atoms with van der Waals surface area (Å²) < 4.78 is 13.4. The molecule has 2 spiro atoms. The Morgan fingerprint density at radius 1 is 0.205 bits per heavy atom. The van der Waals surface area contributed by atoms with E-state index in [0.717, 1.165) is 84.6 Å². The average molecular weight is 1060 g/mol. The van der Waals surface area contributed by atoms with Crippen LogP contribution in [-0.2, 0) is 10.8 Å². The third-order valence-electron chi connectivity index (χ3n) is 18.0. The fourth-order valence-electron chi connectivity index (χ4n) is 14.5. The van der Waals surface area contributed by atoms with Crippen molar-refractivity contribution in [2.75, 3.05) is 4.90 Å². The molecule has 0 fully saturated rings. The van der Waals surface area contributed by atoms with E-state index in [9.17, 15) is 0 Å². The van der Waals surface area contributed by atoms with Crippen molar-refractivity contribution in [3.05, 3.63) is 354 Å². The second kappa shape index (κ2) is 18.4. The smallest absolute Gasteiger partial charge is 0.132 e. The van der Waals surface area contributed by atoms with Gasteiger partial charge in [0.1, 0.15) is 23.0 Å². The van der Waals surface area contributed by atoms with Gasteiger partial charge in [-0.3, -0.25) is 0 Å². The van der Waals surface area contributed by atoms with Crippen molar-refractivity contribution >= 4 is 17.1 Å². The predicted octanol–water partition coefficient (Wildman–Crippen LogP) is 20.8. The van der Waals surface area contributed by atoms with Gasteiger partial charge in [0.15, 0.2) is 0 Å². The molecule has 0 amide bonds. The lowest BCUT2D eigenvalue weighted by molar-refractivity contribution is 0.436. The number of para-hydroxylation sites is 4. The van der Waals surface area contributed by atoms with Crippen molar-refractivity contribution < 1.29 is 9.47 Å². The molecular formula is C80H51NO2. The first-order valence-electron chi connectivity index (χ1n) is 28.6. The molecule has 83 heavy (non-hydrogen) atoms. The van der Waals surface area contributed by atoms with Gasteiger partial charge in [0, 0.05) is 39.3 Å². The van der Waals surface area contributed by atoms with Crippen LogP contribution in [0.5, 0.6) is 23.0 Å². The van der Waals surface area contributed by atoms with E-state index in [1.165, 1.54) is 66.8 Å². The molecule has 3 heteroatoms. The highest BCUT2D eigenvalue weighted by Crippen LogP contribution is 2.65. The Bertz CT molecular complexity index is 4640. The van der Waals surface area contributed by atoms with Crippen LogP contribution in [0.15, 0.2) is 309 Å². The van der Waals surface area contributed by atoms with Gasteiger partial charge < -0.3 is 14.4 Å². The first kappa shape index (κ1) is 47.1. The molecule has 4 aliphatic rings. The van der Waals surface area contributed by atoms with Crippen LogP contribution in [0, 0.1) is 0 Å². The van der Waals surface area contributed by atoms with Crippen LogP contribution in [0.25, 0.3) is 66.8 Å². The van der Waals surface area contributed by atoms with Gasteiger partial charge in [-0.05, 0) is 156 Å². The largest absolute Gasteiger partial charge is 0.457 e. The predicted molar refractivity (Wildman–Crippen MR) is 338 cm³/mol. The number of rotatable bonds is 7. The summed E-state index contributed by atoms with van der Waals surface area (Å²) in [7, 11) is 0. The Morgan fingerprint density at radius 3 is 1.12 bits per heavy atom. The van der Waals surface area contributed by atoms with E-state index in [1.54, 1.807) is 0 Å². The number of hydrogen-bond donors (Lipinski definition) is 0. The van der Waals surface area contributed by atoms with Gasteiger partial charge >= 0.3 is 0 Å². The normalized spacial score (nSPS) is 13.7. The van der Waals surface area contributed by atoms with E-state index in [2.05, 4.69) is 314 Å². The van der Waals surface area contributed by atoms with E-state index in [1.807, 2.05) is 0 Å². The summed E-state index contributed by atoms with van der Waals surface area (Å²) in [5, 5.41) is 0. The molecule has 2 heterocycles. The Labute approximate surface area is 483 Å². The minimum atomic E-state index is -0.564. The second-order valence-electron chi connectivity index (χ2n) is 22.2. The molecular weight excluding hydrogens is 1010 g/mol. The minimum absolute atomic E-state index is 0.549. The number of anilines is 3. The number of hydrogen-bond acceptors (Lipinski definition) is 3. The minimum Gasteiger partial charge on any atom is -0.457 e. The second-order valence-corrected chi connectivity index (χ2v) is 22.2. The van der Waals surface area contributed by atoms with E-state index < -0.39 is 10.8 Å². The fourth-order valence-corrected chi connectivity index (χ4v) is 14.5. The monoisotopic (exact) mass is 1060 g/mol. The first-order valence-corrected chi connectivity index (χ1v) is 28.6. The molecule has 0 atom stereocenters. The molecule has 388 valence electrons. The SMILES string of the molecule is c1ccc(-c2ccc(-c3ccc(N(c4ccc(-c5ccc6c(c5)C5(c7ccccc7Oc7ccccc75)c5ccccc5-6)cc4)c4cccc(-c5cccc6c5-c5ccccc5C65c6ccccc6Oc6ccccc65)c4)cc3)cc2)cc1. The molecule has 2 aliphatic heterocycles. The summed E-state index contributed by atoms with van der Waals surface area (Å²) >= 11 is 0. The van der Waals surface area contributed by atoms with Crippen LogP contribution >= 0.6 is 0 Å². The molecule has 0 saturated carbocycles. The first-order chi connectivity index (χ1) is 41.1. The molecule has 0 N–H and O–H groups in total. The van der Waals surface area contributed by atoms with E-state index >= 15 is 0 Å². The summed E-state index contributed by atoms with van der Waals surface area (Å²) in [6.07, 6.45) is 0. The number of fused-ring (bicyclic) bond motifs is 18. The Balaban J connectivity index is 0.799. The quantitative estimate of drug-likeness (QED) is 0.159. The van der Waals surface area contributed by atoms with Gasteiger partial charge in [-0.25, -0.2) is 0 Å². The zero-order chi connectivity index (χ0) is 54.6. The average Bonchev–Trinajstić information content (AvgIpc) is 1.82. The van der Waals surface area contributed by atoms with Crippen molar-refractivity contribution in [3.63, 3.8) is 0 Å². The fraction of sp³-hybridized carbons (Fsp3) is 0.0250. The lowest BCUT2D eigenvalue weighted by atomic mass is 9.66. The summed E-state index contributed by atoms with van der Waals surface area (Å²) in [6.45, 7) is 0. The maximum Gasteiger partial charge on any atom is 0.132 e. The van der Waals surface area contributed by atoms with Crippen LogP contribution in [0.2, 0.25) is 0 Å². The summed E-state index contributed by atoms with van der Waals surface area (Å²) in [5.41, 5.74) is 26.1. The molecule has 13 aromatic carbocycles. The standard InChI is InChI=1S/C80H51NO2/c1-2-18-52(19-3-1)53-36-38-54(39-37-53)55-40-45-59(46-41-55)81(60-47-42-56(43-48-60)57-44-49-64-63-22-4-6-25-66(63)80(73(64)51-57)70-29-10-14-34-76(70)83-77-35-15-11-30-71(77)80)61-21-16-20-58(50-61)62-24-17-31-72-78(62)65-23-5-7-26-67(65)79(72)68-27-8-12-32-74(68)82-75-33-13-9-28-69(75)79/h1-51H. The summed E-state index contributed by atoms with van der Waals surface area (Å²) in [5.74, 6) is 3.56. The Morgan fingerprint density at radius 2 is 0.566 bits per heavy atom. The zero-order valence-corrected chi connectivity index (χ0v) is 45.2. The molecule has 2 aliphatic carbocycles. The van der Waals surface area contributed by atoms with Crippen molar-refractivity contribution in [3.8, 4) is 89.8 Å². The Hall–Kier alpha value is -10.7. The third kappa shape index (κ3) is 6.92. The van der Waals surface area contributed by atoms with Crippen molar-refractivity contribution in [2.45, 2.75) is 10.8 Å². The van der Waals surface area contributed by atoms with E-state index in [0.29, 0.717) is 0 Å². The van der Waals surface area contributed by atoms with Gasteiger partial charge in [0.05, 0.1) is 10.8 Å². The summed E-state index contributed by atoms with van der Waals surface area (Å²) in [4.78, 5) is 2.41. The lowest BCUT2D eigenvalue weighted by Gasteiger charge is -2.39. The Kier molecular flexibility index (Phi) is 10.4. The maximum atomic E-state index is 6.69. The molecule has 17 rings (SSSR count). The number of benzene rings is 13. The molecule has 0 radical (unpaired) electrons. The number of nitrogens with zero attached hydrogens (tertiary/aromatic N) is 1. The van der Waals surface area contributed by atoms with E-state index in [-0.39, 0.29) is 0 Å². The van der Waals surface area contributed by atoms with Crippen LogP contribution in [0.3, 0.4) is 0 Å². The van der Waals surface area contributed by atoms with Gasteiger partial charge in [0.2, 0.25) is 0 Å². The molecule has 0 saturated heterocycles. The summed E-state index contributed by atoms with van der Waals surface area (Å²) in [6, 6.07) is 113. The zero-order valence-electron chi connectivity index (χ0n) is 45.2. The van der Waals surface area contributed by atoms with Crippen LogP contribution < -0.4 is 14.4 Å². The van der Waals surface area contributed by atoms with E-state index in [4.69, 9.17) is 9.47 Å².